The maximum absolute atomic E-state index is 12.5. The molecular formula is C13H10F3N3O3S. The molecule has 0 unspecified atom stereocenters. The molecule has 0 aliphatic carbocycles. The Balaban J connectivity index is 2.08. The van der Waals surface area contributed by atoms with E-state index in [4.69, 9.17) is 5.11 Å². The Labute approximate surface area is 132 Å². The van der Waals surface area contributed by atoms with Crippen LogP contribution in [0, 0.1) is 0 Å². The molecule has 0 atom stereocenters. The average Bonchev–Trinajstić information content (AvgIpc) is 2.95. The second kappa shape index (κ2) is 6.32. The van der Waals surface area contributed by atoms with Crippen molar-refractivity contribution in [3.05, 3.63) is 45.7 Å². The monoisotopic (exact) mass is 345 g/mol. The molecule has 0 aliphatic rings. The first kappa shape index (κ1) is 16.9. The van der Waals surface area contributed by atoms with Crippen LogP contribution in [0.25, 0.3) is 0 Å². The SMILES string of the molecule is CN(Cc1nc(C(F)(F)F)cs1)C(=O)c1ccc(C(=O)O)nc1. The van der Waals surface area contributed by atoms with Crippen LogP contribution in [0.4, 0.5) is 13.2 Å². The summed E-state index contributed by atoms with van der Waals surface area (Å²) in [7, 11) is 1.40. The predicted octanol–water partition coefficient (Wildman–Crippen LogP) is 2.53. The summed E-state index contributed by atoms with van der Waals surface area (Å²) in [5, 5.41) is 9.76. The van der Waals surface area contributed by atoms with E-state index >= 15 is 0 Å². The smallest absolute Gasteiger partial charge is 0.434 e. The number of thiazole rings is 1. The fourth-order valence-corrected chi connectivity index (χ4v) is 2.51. The van der Waals surface area contributed by atoms with Crippen molar-refractivity contribution in [2.24, 2.45) is 0 Å². The van der Waals surface area contributed by atoms with E-state index in [9.17, 15) is 22.8 Å². The molecule has 1 N–H and O–H groups in total. The molecule has 2 aromatic heterocycles. The van der Waals surface area contributed by atoms with Crippen molar-refractivity contribution in [3.63, 3.8) is 0 Å². The van der Waals surface area contributed by atoms with Gasteiger partial charge in [0.2, 0.25) is 0 Å². The number of carbonyl (C=O) groups is 2. The van der Waals surface area contributed by atoms with E-state index in [1.165, 1.54) is 24.1 Å². The van der Waals surface area contributed by atoms with Gasteiger partial charge in [0.1, 0.15) is 10.7 Å². The second-order valence-electron chi connectivity index (χ2n) is 4.52. The summed E-state index contributed by atoms with van der Waals surface area (Å²) in [5.74, 6) is -1.72. The molecule has 23 heavy (non-hydrogen) atoms. The van der Waals surface area contributed by atoms with Crippen LogP contribution in [0.1, 0.15) is 31.5 Å². The molecule has 2 heterocycles. The zero-order chi connectivity index (χ0) is 17.2. The van der Waals surface area contributed by atoms with Gasteiger partial charge in [-0.2, -0.15) is 13.2 Å². The number of halogens is 3. The minimum absolute atomic E-state index is 0.0970. The standard InChI is InChI=1S/C13H10F3N3O3S/c1-19(5-10-18-9(6-23-10)13(14,15)16)11(20)7-2-3-8(12(21)22)17-4-7/h2-4,6H,5H2,1H3,(H,21,22). The highest BCUT2D eigenvalue weighted by Gasteiger charge is 2.33. The number of nitrogens with zero attached hydrogens (tertiary/aromatic N) is 3. The highest BCUT2D eigenvalue weighted by molar-refractivity contribution is 7.09. The fourth-order valence-electron chi connectivity index (χ4n) is 1.66. The molecule has 0 saturated carbocycles. The van der Waals surface area contributed by atoms with Gasteiger partial charge >= 0.3 is 12.1 Å². The van der Waals surface area contributed by atoms with Crippen molar-refractivity contribution in [2.45, 2.75) is 12.7 Å². The summed E-state index contributed by atoms with van der Waals surface area (Å²) in [4.78, 5) is 31.0. The van der Waals surface area contributed by atoms with E-state index in [0.717, 1.165) is 22.9 Å². The maximum Gasteiger partial charge on any atom is 0.434 e. The number of alkyl halides is 3. The highest BCUT2D eigenvalue weighted by atomic mass is 32.1. The van der Waals surface area contributed by atoms with E-state index in [1.54, 1.807) is 0 Å². The largest absolute Gasteiger partial charge is 0.477 e. The van der Waals surface area contributed by atoms with Crippen molar-refractivity contribution >= 4 is 23.2 Å². The van der Waals surface area contributed by atoms with Crippen LogP contribution in [-0.2, 0) is 12.7 Å². The summed E-state index contributed by atoms with van der Waals surface area (Å²) in [6.45, 7) is -0.0970. The molecule has 0 aromatic carbocycles. The van der Waals surface area contributed by atoms with Crippen LogP contribution in [0.3, 0.4) is 0 Å². The minimum atomic E-state index is -4.52. The van der Waals surface area contributed by atoms with E-state index in [0.29, 0.717) is 0 Å². The van der Waals surface area contributed by atoms with Crippen LogP contribution in [0.15, 0.2) is 23.7 Å². The number of hydrogen-bond acceptors (Lipinski definition) is 5. The lowest BCUT2D eigenvalue weighted by Gasteiger charge is -2.15. The van der Waals surface area contributed by atoms with Crippen molar-refractivity contribution in [1.29, 1.82) is 0 Å². The Morgan fingerprint density at radius 3 is 2.52 bits per heavy atom. The molecule has 0 radical (unpaired) electrons. The normalized spacial score (nSPS) is 11.3. The molecule has 0 aliphatic heterocycles. The number of pyridine rings is 1. The van der Waals surface area contributed by atoms with Crippen molar-refractivity contribution in [3.8, 4) is 0 Å². The van der Waals surface area contributed by atoms with Crippen LogP contribution in [0.2, 0.25) is 0 Å². The van der Waals surface area contributed by atoms with Crippen LogP contribution in [0.5, 0.6) is 0 Å². The van der Waals surface area contributed by atoms with Gasteiger partial charge in [0.25, 0.3) is 5.91 Å². The number of amides is 1. The Kier molecular flexibility index (Phi) is 4.64. The van der Waals surface area contributed by atoms with Gasteiger partial charge in [-0.25, -0.2) is 14.8 Å². The average molecular weight is 345 g/mol. The van der Waals surface area contributed by atoms with Gasteiger partial charge in [0, 0.05) is 18.6 Å². The molecule has 2 rings (SSSR count). The number of carbonyl (C=O) groups excluding carboxylic acids is 1. The first-order valence-electron chi connectivity index (χ1n) is 6.15. The summed E-state index contributed by atoms with van der Waals surface area (Å²) in [6.07, 6.45) is -3.42. The van der Waals surface area contributed by atoms with Gasteiger partial charge in [-0.05, 0) is 12.1 Å². The van der Waals surface area contributed by atoms with Crippen molar-refractivity contribution < 1.29 is 27.9 Å². The van der Waals surface area contributed by atoms with E-state index < -0.39 is 23.7 Å². The highest BCUT2D eigenvalue weighted by Crippen LogP contribution is 2.30. The van der Waals surface area contributed by atoms with Gasteiger partial charge in [-0.1, -0.05) is 0 Å². The van der Waals surface area contributed by atoms with Gasteiger partial charge < -0.3 is 10.0 Å². The molecule has 2 aromatic rings. The molecule has 6 nitrogen and oxygen atoms in total. The minimum Gasteiger partial charge on any atom is -0.477 e. The number of hydrogen-bond donors (Lipinski definition) is 1. The van der Waals surface area contributed by atoms with E-state index in [2.05, 4.69) is 9.97 Å². The summed E-state index contributed by atoms with van der Waals surface area (Å²) < 4.78 is 37.4. The molecule has 0 fully saturated rings. The Hall–Kier alpha value is -2.49. The number of carboxylic acid groups (broad SMARTS) is 1. The quantitative estimate of drug-likeness (QED) is 0.921. The Morgan fingerprint density at radius 1 is 1.35 bits per heavy atom. The lowest BCUT2D eigenvalue weighted by atomic mass is 10.2. The zero-order valence-corrected chi connectivity index (χ0v) is 12.5. The first-order valence-corrected chi connectivity index (χ1v) is 7.03. The summed E-state index contributed by atoms with van der Waals surface area (Å²) in [6, 6.07) is 2.47. The molecule has 122 valence electrons. The third-order valence-corrected chi connectivity index (χ3v) is 3.62. The summed E-state index contributed by atoms with van der Waals surface area (Å²) >= 11 is 0.805. The maximum atomic E-state index is 12.5. The lowest BCUT2D eigenvalue weighted by molar-refractivity contribution is -0.140. The number of aromatic nitrogens is 2. The summed E-state index contributed by atoms with van der Waals surface area (Å²) in [5.41, 5.74) is -1.07. The molecule has 0 spiro atoms. The molecular weight excluding hydrogens is 335 g/mol. The second-order valence-corrected chi connectivity index (χ2v) is 5.47. The van der Waals surface area contributed by atoms with Crippen LogP contribution in [-0.4, -0.2) is 38.9 Å². The number of aromatic carboxylic acids is 1. The molecule has 10 heteroatoms. The Morgan fingerprint density at radius 2 is 2.04 bits per heavy atom. The molecule has 1 amide bonds. The van der Waals surface area contributed by atoms with Crippen molar-refractivity contribution in [2.75, 3.05) is 7.05 Å². The first-order chi connectivity index (χ1) is 10.7. The predicted molar refractivity (Wildman–Crippen MR) is 74.1 cm³/mol. The molecule has 0 bridgehead atoms. The van der Waals surface area contributed by atoms with Gasteiger partial charge in [0.05, 0.1) is 12.1 Å². The zero-order valence-electron chi connectivity index (χ0n) is 11.7. The fraction of sp³-hybridized carbons (Fsp3) is 0.231. The third-order valence-electron chi connectivity index (χ3n) is 2.79. The molecule has 0 saturated heterocycles. The van der Waals surface area contributed by atoms with Crippen LogP contribution < -0.4 is 0 Å². The lowest BCUT2D eigenvalue weighted by Crippen LogP contribution is -2.26. The van der Waals surface area contributed by atoms with Gasteiger partial charge in [-0.3, -0.25) is 4.79 Å². The van der Waals surface area contributed by atoms with Crippen LogP contribution >= 0.6 is 11.3 Å². The van der Waals surface area contributed by atoms with E-state index in [-0.39, 0.29) is 22.8 Å². The van der Waals surface area contributed by atoms with E-state index in [1.807, 2.05) is 0 Å². The third kappa shape index (κ3) is 4.03. The topological polar surface area (TPSA) is 83.4 Å². The van der Waals surface area contributed by atoms with Gasteiger partial charge in [-0.15, -0.1) is 11.3 Å². The number of carboxylic acids is 1. The Bertz CT molecular complexity index is 728. The van der Waals surface area contributed by atoms with Gasteiger partial charge in [0.15, 0.2) is 5.69 Å². The van der Waals surface area contributed by atoms with Crippen molar-refractivity contribution in [1.82, 2.24) is 14.9 Å². The number of rotatable bonds is 4.